The summed E-state index contributed by atoms with van der Waals surface area (Å²) >= 11 is 11.7. The van der Waals surface area contributed by atoms with Crippen molar-refractivity contribution in [3.05, 3.63) is 33.8 Å². The number of carbonyl (C=O) groups is 1. The lowest BCUT2D eigenvalue weighted by Crippen LogP contribution is -2.41. The van der Waals surface area contributed by atoms with E-state index in [9.17, 15) is 13.2 Å². The maximum Gasteiger partial charge on any atom is 0.315 e. The Balaban J connectivity index is 2.41. The number of rotatable bonds is 6. The smallest absolute Gasteiger partial charge is 0.315 e. The number of hydrogen-bond donors (Lipinski definition) is 3. The van der Waals surface area contributed by atoms with Crippen LogP contribution in [0.5, 0.6) is 0 Å². The van der Waals surface area contributed by atoms with Crippen LogP contribution in [-0.4, -0.2) is 33.8 Å². The van der Waals surface area contributed by atoms with Crippen molar-refractivity contribution >= 4 is 39.3 Å². The van der Waals surface area contributed by atoms with E-state index in [-0.39, 0.29) is 19.1 Å². The number of hydrogen-bond acceptors (Lipinski definition) is 3. The van der Waals surface area contributed by atoms with Gasteiger partial charge in [-0.1, -0.05) is 29.3 Å². The molecule has 0 spiro atoms. The van der Waals surface area contributed by atoms with Crippen LogP contribution in [0.4, 0.5) is 4.79 Å². The van der Waals surface area contributed by atoms with Gasteiger partial charge in [-0.2, -0.15) is 0 Å². The van der Waals surface area contributed by atoms with Crippen molar-refractivity contribution in [3.8, 4) is 0 Å². The molecule has 1 unspecified atom stereocenters. The fourth-order valence-corrected chi connectivity index (χ4v) is 2.30. The molecule has 9 heteroatoms. The first-order chi connectivity index (χ1) is 9.69. The summed E-state index contributed by atoms with van der Waals surface area (Å²) in [6.07, 6.45) is 1.05. The number of halogens is 2. The molecule has 0 bridgehead atoms. The average molecular weight is 354 g/mol. The van der Waals surface area contributed by atoms with Gasteiger partial charge >= 0.3 is 6.03 Å². The summed E-state index contributed by atoms with van der Waals surface area (Å²) in [4.78, 5) is 11.6. The van der Waals surface area contributed by atoms with Gasteiger partial charge in [0, 0.05) is 13.1 Å². The molecule has 6 nitrogen and oxygen atoms in total. The van der Waals surface area contributed by atoms with Crippen LogP contribution in [0.25, 0.3) is 0 Å². The fraction of sp³-hybridized carbons (Fsp3) is 0.417. The molecule has 0 aromatic heterocycles. The molecule has 1 atom stereocenters. The topological polar surface area (TPSA) is 87.3 Å². The molecule has 0 radical (unpaired) electrons. The Kier molecular flexibility index (Phi) is 6.73. The summed E-state index contributed by atoms with van der Waals surface area (Å²) < 4.78 is 23.9. The lowest BCUT2D eigenvalue weighted by atomic mass is 10.1. The van der Waals surface area contributed by atoms with E-state index in [2.05, 4.69) is 15.4 Å². The van der Waals surface area contributed by atoms with Gasteiger partial charge in [0.1, 0.15) is 0 Å². The molecule has 0 fully saturated rings. The fourth-order valence-electron chi connectivity index (χ4n) is 1.53. The van der Waals surface area contributed by atoms with Crippen LogP contribution in [0, 0.1) is 0 Å². The molecule has 0 aliphatic carbocycles. The van der Waals surface area contributed by atoms with E-state index in [1.807, 2.05) is 0 Å². The maximum absolute atomic E-state index is 11.6. The van der Waals surface area contributed by atoms with Crippen LogP contribution >= 0.6 is 23.2 Å². The first-order valence-corrected chi connectivity index (χ1v) is 8.77. The normalized spacial score (nSPS) is 12.8. The van der Waals surface area contributed by atoms with Gasteiger partial charge in [-0.15, -0.1) is 0 Å². The molecular weight excluding hydrogens is 337 g/mol. The van der Waals surface area contributed by atoms with Crippen LogP contribution in [0.1, 0.15) is 18.5 Å². The van der Waals surface area contributed by atoms with E-state index in [0.717, 1.165) is 11.8 Å². The Morgan fingerprint density at radius 1 is 1.24 bits per heavy atom. The van der Waals surface area contributed by atoms with Gasteiger partial charge in [-0.25, -0.2) is 17.9 Å². The molecule has 1 aromatic rings. The summed E-state index contributed by atoms with van der Waals surface area (Å²) in [5.41, 5.74) is 0.814. The third-order valence-electron chi connectivity index (χ3n) is 2.57. The lowest BCUT2D eigenvalue weighted by molar-refractivity contribution is 0.238. The van der Waals surface area contributed by atoms with Crippen molar-refractivity contribution in [2.24, 2.45) is 0 Å². The first kappa shape index (κ1) is 18.0. The third-order valence-corrected chi connectivity index (χ3v) is 4.03. The Hall–Kier alpha value is -1.02. The van der Waals surface area contributed by atoms with E-state index in [4.69, 9.17) is 23.2 Å². The highest BCUT2D eigenvalue weighted by Gasteiger charge is 2.10. The predicted octanol–water partition coefficient (Wildman–Crippen LogP) is 1.90. The zero-order chi connectivity index (χ0) is 16.0. The Morgan fingerprint density at radius 3 is 2.48 bits per heavy atom. The van der Waals surface area contributed by atoms with Crippen molar-refractivity contribution in [3.63, 3.8) is 0 Å². The van der Waals surface area contributed by atoms with Gasteiger partial charge in [-0.3, -0.25) is 0 Å². The maximum atomic E-state index is 11.6. The first-order valence-electron chi connectivity index (χ1n) is 6.13. The van der Waals surface area contributed by atoms with Gasteiger partial charge in [0.25, 0.3) is 0 Å². The second-order valence-corrected chi connectivity index (χ2v) is 7.11. The number of benzene rings is 1. The molecule has 3 N–H and O–H groups in total. The van der Waals surface area contributed by atoms with E-state index < -0.39 is 16.1 Å². The van der Waals surface area contributed by atoms with Crippen molar-refractivity contribution in [1.29, 1.82) is 0 Å². The Bertz CT molecular complexity index is 608. The summed E-state index contributed by atoms with van der Waals surface area (Å²) in [5.74, 6) is 0. The van der Waals surface area contributed by atoms with Crippen LogP contribution in [0.3, 0.4) is 0 Å². The van der Waals surface area contributed by atoms with Gasteiger partial charge in [0.2, 0.25) is 10.0 Å². The van der Waals surface area contributed by atoms with Crippen molar-refractivity contribution in [2.45, 2.75) is 13.0 Å². The standard InChI is InChI=1S/C12H17Cl2N3O3S/c1-8(9-3-4-10(13)11(14)7-9)17-12(18)15-5-6-16-21(2,19)20/h3-4,7-8,16H,5-6H2,1-2H3,(H2,15,17,18). The number of amides is 2. The largest absolute Gasteiger partial charge is 0.337 e. The van der Waals surface area contributed by atoms with Crippen LogP contribution in [0.15, 0.2) is 18.2 Å². The summed E-state index contributed by atoms with van der Waals surface area (Å²) in [5, 5.41) is 6.12. The van der Waals surface area contributed by atoms with E-state index in [1.54, 1.807) is 25.1 Å². The summed E-state index contributed by atoms with van der Waals surface area (Å²) in [6, 6.07) is 4.45. The Morgan fingerprint density at radius 2 is 1.90 bits per heavy atom. The Labute approximate surface area is 134 Å². The minimum absolute atomic E-state index is 0.132. The molecule has 118 valence electrons. The second kappa shape index (κ2) is 7.84. The summed E-state index contributed by atoms with van der Waals surface area (Å²) in [6.45, 7) is 2.12. The van der Waals surface area contributed by atoms with Gasteiger partial charge < -0.3 is 10.6 Å². The van der Waals surface area contributed by atoms with Crippen LogP contribution < -0.4 is 15.4 Å². The zero-order valence-electron chi connectivity index (χ0n) is 11.6. The van der Waals surface area contributed by atoms with Gasteiger partial charge in [0.05, 0.1) is 22.3 Å². The van der Waals surface area contributed by atoms with Crippen LogP contribution in [-0.2, 0) is 10.0 Å². The lowest BCUT2D eigenvalue weighted by Gasteiger charge is -2.15. The molecule has 21 heavy (non-hydrogen) atoms. The quantitative estimate of drug-likeness (QED) is 0.682. The monoisotopic (exact) mass is 353 g/mol. The van der Waals surface area contributed by atoms with Crippen molar-refractivity contribution in [2.75, 3.05) is 19.3 Å². The second-order valence-electron chi connectivity index (χ2n) is 4.46. The highest BCUT2D eigenvalue weighted by atomic mass is 35.5. The molecule has 0 aliphatic heterocycles. The zero-order valence-corrected chi connectivity index (χ0v) is 13.9. The van der Waals surface area contributed by atoms with E-state index in [0.29, 0.717) is 10.0 Å². The number of sulfonamides is 1. The molecule has 1 aromatic carbocycles. The number of carbonyl (C=O) groups excluding carboxylic acids is 1. The van der Waals surface area contributed by atoms with Gasteiger partial charge in [-0.05, 0) is 24.6 Å². The predicted molar refractivity (Wildman–Crippen MR) is 84.3 cm³/mol. The molecular formula is C12H17Cl2N3O3S. The number of nitrogens with one attached hydrogen (secondary N) is 3. The highest BCUT2D eigenvalue weighted by Crippen LogP contribution is 2.25. The van der Waals surface area contributed by atoms with Gasteiger partial charge in [0.15, 0.2) is 0 Å². The highest BCUT2D eigenvalue weighted by molar-refractivity contribution is 7.88. The number of urea groups is 1. The van der Waals surface area contributed by atoms with E-state index >= 15 is 0 Å². The minimum Gasteiger partial charge on any atom is -0.337 e. The molecule has 1 rings (SSSR count). The molecule has 0 heterocycles. The average Bonchev–Trinajstić information content (AvgIpc) is 2.36. The molecule has 0 aliphatic rings. The summed E-state index contributed by atoms with van der Waals surface area (Å²) in [7, 11) is -3.25. The SMILES string of the molecule is CC(NC(=O)NCCNS(C)(=O)=O)c1ccc(Cl)c(Cl)c1. The van der Waals surface area contributed by atoms with Crippen molar-refractivity contribution < 1.29 is 13.2 Å². The molecule has 2 amide bonds. The van der Waals surface area contributed by atoms with E-state index in [1.165, 1.54) is 0 Å². The molecule has 0 saturated carbocycles. The van der Waals surface area contributed by atoms with Crippen molar-refractivity contribution in [1.82, 2.24) is 15.4 Å². The van der Waals surface area contributed by atoms with Crippen LogP contribution in [0.2, 0.25) is 10.0 Å². The molecule has 0 saturated heterocycles. The third kappa shape index (κ3) is 6.99. The minimum atomic E-state index is -3.25.